The van der Waals surface area contributed by atoms with Crippen LogP contribution in [0.1, 0.15) is 43.6 Å². The van der Waals surface area contributed by atoms with Gasteiger partial charge in [0.05, 0.1) is 11.5 Å². The fraction of sp³-hybridized carbons (Fsp3) is 0.579. The molecule has 2 atom stereocenters. The van der Waals surface area contributed by atoms with E-state index < -0.39 is 0 Å². The molecule has 2 aromatic heterocycles. The lowest BCUT2D eigenvalue weighted by atomic mass is 9.89. The minimum atomic E-state index is -0.280. The van der Waals surface area contributed by atoms with Crippen LogP contribution < -0.4 is 5.56 Å². The average Bonchev–Trinajstić information content (AvgIpc) is 2.92. The molecule has 0 radical (unpaired) electrons. The number of fused-ring (bicyclic) bond motifs is 3. The SMILES string of the molecule is C=CCn1c(SCCC[C@H](C)O)nc2sc3c(c2c1=O)CC[C@H](C)C3. The van der Waals surface area contributed by atoms with E-state index in [0.717, 1.165) is 53.2 Å². The summed E-state index contributed by atoms with van der Waals surface area (Å²) in [5, 5.41) is 11.0. The van der Waals surface area contributed by atoms with Crippen LogP contribution >= 0.6 is 23.1 Å². The molecule has 0 spiro atoms. The molecule has 4 nitrogen and oxygen atoms in total. The van der Waals surface area contributed by atoms with Crippen LogP contribution in [0.15, 0.2) is 22.6 Å². The van der Waals surface area contributed by atoms with Crippen LogP contribution in [-0.4, -0.2) is 26.5 Å². The van der Waals surface area contributed by atoms with Gasteiger partial charge in [0.1, 0.15) is 4.83 Å². The Bertz CT molecular complexity index is 823. The summed E-state index contributed by atoms with van der Waals surface area (Å²) >= 11 is 3.30. The Hall–Kier alpha value is -1.11. The van der Waals surface area contributed by atoms with Crippen LogP contribution in [0.5, 0.6) is 0 Å². The number of thioether (sulfide) groups is 1. The lowest BCUT2D eigenvalue weighted by Crippen LogP contribution is -2.23. The highest BCUT2D eigenvalue weighted by atomic mass is 32.2. The normalized spacial score (nSPS) is 18.3. The van der Waals surface area contributed by atoms with Gasteiger partial charge in [-0.1, -0.05) is 24.8 Å². The molecule has 0 aromatic carbocycles. The van der Waals surface area contributed by atoms with Crippen molar-refractivity contribution in [3.05, 3.63) is 33.4 Å². The number of thiophene rings is 1. The molecule has 3 rings (SSSR count). The highest BCUT2D eigenvalue weighted by Gasteiger charge is 2.24. The predicted octanol–water partition coefficient (Wildman–Crippen LogP) is 4.02. The van der Waals surface area contributed by atoms with Gasteiger partial charge in [-0.2, -0.15) is 0 Å². The van der Waals surface area contributed by atoms with E-state index in [0.29, 0.717) is 12.5 Å². The molecule has 0 amide bonds. The predicted molar refractivity (Wildman–Crippen MR) is 107 cm³/mol. The molecule has 1 N–H and O–H groups in total. The van der Waals surface area contributed by atoms with Gasteiger partial charge in [0.15, 0.2) is 5.16 Å². The Morgan fingerprint density at radius 2 is 2.36 bits per heavy atom. The van der Waals surface area contributed by atoms with E-state index in [1.807, 2.05) is 0 Å². The molecule has 2 aromatic rings. The Labute approximate surface area is 157 Å². The van der Waals surface area contributed by atoms with Crippen molar-refractivity contribution in [2.75, 3.05) is 5.75 Å². The number of aromatic nitrogens is 2. The summed E-state index contributed by atoms with van der Waals surface area (Å²) in [7, 11) is 0. The molecule has 0 saturated heterocycles. The minimum absolute atomic E-state index is 0.0787. The van der Waals surface area contributed by atoms with E-state index in [9.17, 15) is 9.90 Å². The maximum atomic E-state index is 13.1. The number of hydrogen-bond acceptors (Lipinski definition) is 5. The van der Waals surface area contributed by atoms with Crippen molar-refractivity contribution in [3.63, 3.8) is 0 Å². The average molecular weight is 379 g/mol. The second kappa shape index (κ2) is 8.06. The third-order valence-electron chi connectivity index (χ3n) is 4.69. The molecular formula is C19H26N2O2S2. The fourth-order valence-corrected chi connectivity index (χ4v) is 5.74. The van der Waals surface area contributed by atoms with Crippen molar-refractivity contribution in [1.82, 2.24) is 9.55 Å². The molecule has 0 saturated carbocycles. The van der Waals surface area contributed by atoms with Gasteiger partial charge in [0.2, 0.25) is 0 Å². The summed E-state index contributed by atoms with van der Waals surface area (Å²) in [5.41, 5.74) is 1.31. The van der Waals surface area contributed by atoms with Crippen LogP contribution in [0.3, 0.4) is 0 Å². The van der Waals surface area contributed by atoms with E-state index in [-0.39, 0.29) is 11.7 Å². The van der Waals surface area contributed by atoms with E-state index in [1.54, 1.807) is 40.7 Å². The van der Waals surface area contributed by atoms with Crippen LogP contribution in [0.25, 0.3) is 10.2 Å². The lowest BCUT2D eigenvalue weighted by Gasteiger charge is -2.17. The van der Waals surface area contributed by atoms with Gasteiger partial charge in [0.25, 0.3) is 5.56 Å². The molecule has 136 valence electrons. The van der Waals surface area contributed by atoms with E-state index >= 15 is 0 Å². The molecule has 25 heavy (non-hydrogen) atoms. The molecule has 0 fully saturated rings. The zero-order valence-electron chi connectivity index (χ0n) is 15.0. The lowest BCUT2D eigenvalue weighted by molar-refractivity contribution is 0.184. The van der Waals surface area contributed by atoms with Gasteiger partial charge in [-0.3, -0.25) is 9.36 Å². The molecule has 0 unspecified atom stereocenters. The monoisotopic (exact) mass is 378 g/mol. The molecular weight excluding hydrogens is 352 g/mol. The summed E-state index contributed by atoms with van der Waals surface area (Å²) in [6.07, 6.45) is 6.36. The number of nitrogens with zero attached hydrogens (tertiary/aromatic N) is 2. The van der Waals surface area contributed by atoms with Crippen LogP contribution in [0.4, 0.5) is 0 Å². The summed E-state index contributed by atoms with van der Waals surface area (Å²) < 4.78 is 1.76. The highest BCUT2D eigenvalue weighted by Crippen LogP contribution is 2.36. The van der Waals surface area contributed by atoms with Gasteiger partial charge in [-0.15, -0.1) is 17.9 Å². The van der Waals surface area contributed by atoms with Gasteiger partial charge in [0, 0.05) is 17.2 Å². The van der Waals surface area contributed by atoms with Crippen molar-refractivity contribution >= 4 is 33.3 Å². The zero-order valence-corrected chi connectivity index (χ0v) is 16.6. The van der Waals surface area contributed by atoms with Crippen molar-refractivity contribution < 1.29 is 5.11 Å². The molecule has 2 heterocycles. The van der Waals surface area contributed by atoms with Crippen molar-refractivity contribution in [1.29, 1.82) is 0 Å². The quantitative estimate of drug-likeness (QED) is 0.342. The number of hydrogen-bond donors (Lipinski definition) is 1. The van der Waals surface area contributed by atoms with Crippen molar-refractivity contribution in [2.45, 2.75) is 63.8 Å². The summed E-state index contributed by atoms with van der Waals surface area (Å²) in [4.78, 5) is 20.2. The largest absolute Gasteiger partial charge is 0.393 e. The Morgan fingerprint density at radius 1 is 1.56 bits per heavy atom. The Kier molecular flexibility index (Phi) is 6.02. The standard InChI is InChI=1S/C19H26N2O2S2/c1-4-9-21-18(23)16-14-8-7-12(2)11-15(14)25-17(16)20-19(21)24-10-5-6-13(3)22/h4,12-13,22H,1,5-11H2,2-3H3/t12-,13-/m0/s1. The molecule has 1 aliphatic carbocycles. The van der Waals surface area contributed by atoms with Gasteiger partial charge in [-0.25, -0.2) is 4.98 Å². The number of allylic oxidation sites excluding steroid dienone is 1. The Morgan fingerprint density at radius 3 is 3.08 bits per heavy atom. The second-order valence-corrected chi connectivity index (χ2v) is 9.12. The molecule has 6 heteroatoms. The molecule has 0 bridgehead atoms. The van der Waals surface area contributed by atoms with Crippen LogP contribution in [0.2, 0.25) is 0 Å². The first-order chi connectivity index (χ1) is 12.0. The summed E-state index contributed by atoms with van der Waals surface area (Å²) in [5.74, 6) is 1.53. The van der Waals surface area contributed by atoms with Crippen LogP contribution in [-0.2, 0) is 19.4 Å². The summed E-state index contributed by atoms with van der Waals surface area (Å²) in [6.45, 7) is 8.37. The molecule has 1 aliphatic rings. The maximum Gasteiger partial charge on any atom is 0.263 e. The van der Waals surface area contributed by atoms with Gasteiger partial charge in [-0.05, 0) is 50.5 Å². The van der Waals surface area contributed by atoms with Gasteiger partial charge < -0.3 is 5.11 Å². The maximum absolute atomic E-state index is 13.1. The topological polar surface area (TPSA) is 55.1 Å². The first-order valence-electron chi connectivity index (χ1n) is 8.98. The van der Waals surface area contributed by atoms with Gasteiger partial charge >= 0.3 is 0 Å². The highest BCUT2D eigenvalue weighted by molar-refractivity contribution is 7.99. The smallest absolute Gasteiger partial charge is 0.263 e. The minimum Gasteiger partial charge on any atom is -0.393 e. The third kappa shape index (κ3) is 4.01. The number of aliphatic hydroxyl groups excluding tert-OH is 1. The zero-order chi connectivity index (χ0) is 18.0. The fourth-order valence-electron chi connectivity index (χ4n) is 3.35. The number of aliphatic hydroxyl groups is 1. The first kappa shape index (κ1) is 18.7. The Balaban J connectivity index is 1.97. The molecule has 0 aliphatic heterocycles. The number of aryl methyl sites for hydroxylation is 1. The number of rotatable bonds is 7. The van der Waals surface area contributed by atoms with Crippen molar-refractivity contribution in [2.24, 2.45) is 5.92 Å². The third-order valence-corrected chi connectivity index (χ3v) is 6.90. The van der Waals surface area contributed by atoms with E-state index in [4.69, 9.17) is 4.98 Å². The van der Waals surface area contributed by atoms with Crippen LogP contribution in [0, 0.1) is 5.92 Å². The second-order valence-electron chi connectivity index (χ2n) is 6.97. The van der Waals surface area contributed by atoms with E-state index in [2.05, 4.69) is 13.5 Å². The first-order valence-corrected chi connectivity index (χ1v) is 10.8. The van der Waals surface area contributed by atoms with Crippen molar-refractivity contribution in [3.8, 4) is 0 Å². The summed E-state index contributed by atoms with van der Waals surface area (Å²) in [6, 6.07) is 0. The van der Waals surface area contributed by atoms with E-state index in [1.165, 1.54) is 10.4 Å².